The van der Waals surface area contributed by atoms with E-state index in [-0.39, 0.29) is 18.3 Å². The van der Waals surface area contributed by atoms with E-state index >= 15 is 0 Å². The average molecular weight is 236 g/mol. The quantitative estimate of drug-likeness (QED) is 0.808. The molecule has 1 N–H and O–H groups in total. The van der Waals surface area contributed by atoms with Gasteiger partial charge in [-0.05, 0) is 24.6 Å². The van der Waals surface area contributed by atoms with Crippen LogP contribution >= 0.6 is 0 Å². The fourth-order valence-corrected chi connectivity index (χ4v) is 1.83. The molecule has 0 fully saturated rings. The second-order valence-electron chi connectivity index (χ2n) is 4.01. The van der Waals surface area contributed by atoms with Crippen LogP contribution in [0, 0.1) is 5.92 Å². The summed E-state index contributed by atoms with van der Waals surface area (Å²) in [6.45, 7) is 2.80. The minimum Gasteiger partial charge on any atom is -0.486 e. The predicted molar refractivity (Wildman–Crippen MR) is 62.6 cm³/mol. The van der Waals surface area contributed by atoms with Gasteiger partial charge in [0.05, 0.1) is 6.61 Å². The molecule has 1 atom stereocenters. The largest absolute Gasteiger partial charge is 0.486 e. The Hall–Kier alpha value is -1.55. The number of hydrogen-bond donors (Lipinski definition) is 1. The molecule has 1 unspecified atom stereocenters. The SMILES string of the molecule is CCC(CO)C(=O)c1ccc2c(c1)OCCO2. The summed E-state index contributed by atoms with van der Waals surface area (Å²) in [6, 6.07) is 5.15. The average Bonchev–Trinajstić information content (AvgIpc) is 2.39. The lowest BCUT2D eigenvalue weighted by atomic mass is 9.96. The molecule has 92 valence electrons. The van der Waals surface area contributed by atoms with Crippen LogP contribution in [0.4, 0.5) is 0 Å². The Balaban J connectivity index is 2.24. The Morgan fingerprint density at radius 2 is 2.06 bits per heavy atom. The van der Waals surface area contributed by atoms with Crippen LogP contribution in [0.15, 0.2) is 18.2 Å². The van der Waals surface area contributed by atoms with Gasteiger partial charge in [-0.3, -0.25) is 4.79 Å². The highest BCUT2D eigenvalue weighted by atomic mass is 16.6. The minimum atomic E-state index is -0.336. The van der Waals surface area contributed by atoms with Crippen LogP contribution in [-0.2, 0) is 0 Å². The van der Waals surface area contributed by atoms with Crippen LogP contribution < -0.4 is 9.47 Å². The number of hydrogen-bond acceptors (Lipinski definition) is 4. The van der Waals surface area contributed by atoms with Gasteiger partial charge in [-0.2, -0.15) is 0 Å². The molecule has 1 aromatic carbocycles. The van der Waals surface area contributed by atoms with Crippen molar-refractivity contribution < 1.29 is 19.4 Å². The molecule has 0 radical (unpaired) electrons. The normalized spacial score (nSPS) is 15.4. The number of ketones is 1. The highest BCUT2D eigenvalue weighted by Crippen LogP contribution is 2.31. The lowest BCUT2D eigenvalue weighted by Crippen LogP contribution is -2.19. The van der Waals surface area contributed by atoms with E-state index in [1.54, 1.807) is 18.2 Å². The number of carbonyl (C=O) groups excluding carboxylic acids is 1. The number of Topliss-reactive ketones (excluding diaryl/α,β-unsaturated/α-hetero) is 1. The zero-order valence-electron chi connectivity index (χ0n) is 9.81. The zero-order chi connectivity index (χ0) is 12.3. The molecule has 1 heterocycles. The molecule has 17 heavy (non-hydrogen) atoms. The Bertz CT molecular complexity index is 410. The summed E-state index contributed by atoms with van der Waals surface area (Å²) in [4.78, 5) is 12.0. The number of aliphatic hydroxyl groups excluding tert-OH is 1. The van der Waals surface area contributed by atoms with E-state index in [1.165, 1.54) is 0 Å². The van der Waals surface area contributed by atoms with Gasteiger partial charge in [0.1, 0.15) is 13.2 Å². The van der Waals surface area contributed by atoms with Crippen LogP contribution in [0.1, 0.15) is 23.7 Å². The van der Waals surface area contributed by atoms with E-state index in [0.29, 0.717) is 36.7 Å². The van der Waals surface area contributed by atoms with Crippen molar-refractivity contribution in [2.45, 2.75) is 13.3 Å². The number of aliphatic hydroxyl groups is 1. The van der Waals surface area contributed by atoms with Gasteiger partial charge < -0.3 is 14.6 Å². The van der Waals surface area contributed by atoms with Gasteiger partial charge in [0.15, 0.2) is 17.3 Å². The Labute approximate surface area is 100 Å². The van der Waals surface area contributed by atoms with Crippen LogP contribution in [0.25, 0.3) is 0 Å². The summed E-state index contributed by atoms with van der Waals surface area (Å²) in [6.07, 6.45) is 0.629. The van der Waals surface area contributed by atoms with Gasteiger partial charge >= 0.3 is 0 Å². The van der Waals surface area contributed by atoms with Gasteiger partial charge in [-0.25, -0.2) is 0 Å². The first kappa shape index (κ1) is 11.9. The van der Waals surface area contributed by atoms with E-state index in [2.05, 4.69) is 0 Å². The maximum Gasteiger partial charge on any atom is 0.168 e. The number of fused-ring (bicyclic) bond motifs is 1. The van der Waals surface area contributed by atoms with Crippen molar-refractivity contribution in [3.05, 3.63) is 23.8 Å². The number of benzene rings is 1. The number of rotatable bonds is 4. The van der Waals surface area contributed by atoms with Crippen LogP contribution in [-0.4, -0.2) is 30.7 Å². The van der Waals surface area contributed by atoms with E-state index in [9.17, 15) is 4.79 Å². The predicted octanol–water partition coefficient (Wildman–Crippen LogP) is 1.66. The molecule has 0 aliphatic carbocycles. The van der Waals surface area contributed by atoms with Gasteiger partial charge in [-0.1, -0.05) is 6.92 Å². The van der Waals surface area contributed by atoms with E-state index in [1.807, 2.05) is 6.92 Å². The maximum atomic E-state index is 12.0. The van der Waals surface area contributed by atoms with E-state index < -0.39 is 0 Å². The Kier molecular flexibility index (Phi) is 3.64. The standard InChI is InChI=1S/C13H16O4/c1-2-9(8-14)13(15)10-3-4-11-12(7-10)17-6-5-16-11/h3-4,7,9,14H,2,5-6,8H2,1H3. The van der Waals surface area contributed by atoms with Gasteiger partial charge in [0, 0.05) is 11.5 Å². The Morgan fingerprint density at radius 1 is 1.35 bits per heavy atom. The first-order chi connectivity index (χ1) is 8.26. The Morgan fingerprint density at radius 3 is 2.71 bits per heavy atom. The number of ether oxygens (including phenoxy) is 2. The summed E-state index contributed by atoms with van der Waals surface area (Å²) >= 11 is 0. The molecule has 0 saturated heterocycles. The number of carbonyl (C=O) groups is 1. The second kappa shape index (κ2) is 5.19. The first-order valence-corrected chi connectivity index (χ1v) is 5.81. The smallest absolute Gasteiger partial charge is 0.168 e. The van der Waals surface area contributed by atoms with Crippen molar-refractivity contribution in [3.8, 4) is 11.5 Å². The summed E-state index contributed by atoms with van der Waals surface area (Å²) in [5.74, 6) is 0.893. The molecule has 1 aliphatic rings. The molecule has 0 spiro atoms. The van der Waals surface area contributed by atoms with Gasteiger partial charge in [0.2, 0.25) is 0 Å². The highest BCUT2D eigenvalue weighted by Gasteiger charge is 2.20. The maximum absolute atomic E-state index is 12.0. The van der Waals surface area contributed by atoms with Gasteiger partial charge in [0.25, 0.3) is 0 Å². The molecule has 4 heteroatoms. The summed E-state index contributed by atoms with van der Waals surface area (Å²) < 4.78 is 10.8. The topological polar surface area (TPSA) is 55.8 Å². The molecular formula is C13H16O4. The van der Waals surface area contributed by atoms with Crippen molar-refractivity contribution in [2.24, 2.45) is 5.92 Å². The summed E-state index contributed by atoms with van der Waals surface area (Å²) in [5.41, 5.74) is 0.565. The lowest BCUT2D eigenvalue weighted by Gasteiger charge is -2.19. The molecule has 0 aromatic heterocycles. The fraction of sp³-hybridized carbons (Fsp3) is 0.462. The zero-order valence-corrected chi connectivity index (χ0v) is 9.81. The monoisotopic (exact) mass is 236 g/mol. The second-order valence-corrected chi connectivity index (χ2v) is 4.01. The van der Waals surface area contributed by atoms with E-state index in [0.717, 1.165) is 0 Å². The van der Waals surface area contributed by atoms with Crippen molar-refractivity contribution in [2.75, 3.05) is 19.8 Å². The lowest BCUT2D eigenvalue weighted by molar-refractivity contribution is 0.0855. The van der Waals surface area contributed by atoms with Crippen molar-refractivity contribution in [1.29, 1.82) is 0 Å². The molecule has 0 saturated carbocycles. The van der Waals surface area contributed by atoms with Crippen LogP contribution in [0.2, 0.25) is 0 Å². The fourth-order valence-electron chi connectivity index (χ4n) is 1.83. The highest BCUT2D eigenvalue weighted by molar-refractivity contribution is 5.98. The van der Waals surface area contributed by atoms with Crippen LogP contribution in [0.5, 0.6) is 11.5 Å². The first-order valence-electron chi connectivity index (χ1n) is 5.81. The summed E-state index contributed by atoms with van der Waals surface area (Å²) in [5, 5.41) is 9.12. The molecule has 0 bridgehead atoms. The third-order valence-electron chi connectivity index (χ3n) is 2.91. The van der Waals surface area contributed by atoms with Crippen LogP contribution in [0.3, 0.4) is 0 Å². The molecule has 2 rings (SSSR count). The van der Waals surface area contributed by atoms with Crippen molar-refractivity contribution in [3.63, 3.8) is 0 Å². The molecule has 1 aliphatic heterocycles. The molecular weight excluding hydrogens is 220 g/mol. The molecule has 4 nitrogen and oxygen atoms in total. The third-order valence-corrected chi connectivity index (χ3v) is 2.91. The molecule has 0 amide bonds. The third kappa shape index (κ3) is 2.42. The molecule has 1 aromatic rings. The van der Waals surface area contributed by atoms with E-state index in [4.69, 9.17) is 14.6 Å². The van der Waals surface area contributed by atoms with Crippen molar-refractivity contribution in [1.82, 2.24) is 0 Å². The van der Waals surface area contributed by atoms with Gasteiger partial charge in [-0.15, -0.1) is 0 Å². The van der Waals surface area contributed by atoms with Crippen molar-refractivity contribution >= 4 is 5.78 Å². The summed E-state index contributed by atoms with van der Waals surface area (Å²) in [7, 11) is 0. The minimum absolute atomic E-state index is 0.0491.